The van der Waals surface area contributed by atoms with Gasteiger partial charge in [-0.05, 0) is 30.3 Å². The topological polar surface area (TPSA) is 53.2 Å². The molecule has 0 radical (unpaired) electrons. The van der Waals surface area contributed by atoms with Gasteiger partial charge in [-0.15, -0.1) is 0 Å². The molecule has 4 nitrogen and oxygen atoms in total. The normalized spacial score (nSPS) is 26.8. The fraction of sp³-hybridized carbons (Fsp3) is 0.900. The number of thioether (sulfide) groups is 1. The molecule has 2 fully saturated rings. The van der Waals surface area contributed by atoms with Crippen LogP contribution in [0.2, 0.25) is 0 Å². The summed E-state index contributed by atoms with van der Waals surface area (Å²) in [6.45, 7) is 2.65. The van der Waals surface area contributed by atoms with Crippen LogP contribution in [0, 0.1) is 5.92 Å². The van der Waals surface area contributed by atoms with E-state index in [0.717, 1.165) is 19.6 Å². The molecule has 2 aliphatic heterocycles. The van der Waals surface area contributed by atoms with Crippen molar-refractivity contribution in [3.63, 3.8) is 0 Å². The van der Waals surface area contributed by atoms with E-state index in [1.165, 1.54) is 24.3 Å². The molecule has 0 aromatic carbocycles. The van der Waals surface area contributed by atoms with E-state index in [1.807, 2.05) is 11.8 Å². The molecule has 3 N–H and O–H groups in total. The average molecular weight is 229 g/mol. The van der Waals surface area contributed by atoms with E-state index in [9.17, 15) is 4.79 Å². The standard InChI is InChI=1S/C10H19N3OS/c14-10(13-9-5-11-6-9)12-4-8-2-1-3-15-7-8/h8-9,11H,1-7H2,(H2,12,13,14). The average Bonchev–Trinajstić information content (AvgIpc) is 2.22. The van der Waals surface area contributed by atoms with Crippen LogP contribution in [0.15, 0.2) is 0 Å². The number of carbonyl (C=O) groups excluding carboxylic acids is 1. The van der Waals surface area contributed by atoms with Crippen LogP contribution in [0.3, 0.4) is 0 Å². The van der Waals surface area contributed by atoms with Crippen LogP contribution in [0.25, 0.3) is 0 Å². The van der Waals surface area contributed by atoms with E-state index in [0.29, 0.717) is 12.0 Å². The number of rotatable bonds is 3. The van der Waals surface area contributed by atoms with Crippen molar-refractivity contribution in [3.05, 3.63) is 0 Å². The Balaban J connectivity index is 1.57. The Bertz CT molecular complexity index is 215. The van der Waals surface area contributed by atoms with Gasteiger partial charge in [0.25, 0.3) is 0 Å². The summed E-state index contributed by atoms with van der Waals surface area (Å²) in [4.78, 5) is 11.4. The van der Waals surface area contributed by atoms with Gasteiger partial charge >= 0.3 is 6.03 Å². The molecule has 1 atom stereocenters. The second-order valence-corrected chi connectivity index (χ2v) is 5.44. The number of carbonyl (C=O) groups is 1. The number of nitrogens with one attached hydrogen (secondary N) is 3. The molecule has 0 spiro atoms. The minimum atomic E-state index is -0.00271. The number of amides is 2. The summed E-state index contributed by atoms with van der Waals surface area (Å²) in [5.74, 6) is 3.16. The van der Waals surface area contributed by atoms with Crippen molar-refractivity contribution in [1.29, 1.82) is 0 Å². The van der Waals surface area contributed by atoms with E-state index in [4.69, 9.17) is 0 Å². The first kappa shape index (κ1) is 11.1. The molecule has 15 heavy (non-hydrogen) atoms. The zero-order valence-corrected chi connectivity index (χ0v) is 9.74. The molecule has 0 saturated carbocycles. The molecule has 0 aromatic heterocycles. The third-order valence-electron chi connectivity index (χ3n) is 2.92. The number of hydrogen-bond acceptors (Lipinski definition) is 3. The van der Waals surface area contributed by atoms with Crippen LogP contribution in [-0.4, -0.2) is 43.2 Å². The molecule has 0 aliphatic carbocycles. The predicted molar refractivity (Wildman–Crippen MR) is 63.2 cm³/mol. The van der Waals surface area contributed by atoms with Crippen LogP contribution in [0.1, 0.15) is 12.8 Å². The Kier molecular flexibility index (Phi) is 4.14. The second-order valence-electron chi connectivity index (χ2n) is 4.29. The largest absolute Gasteiger partial charge is 0.338 e. The summed E-state index contributed by atoms with van der Waals surface area (Å²) in [7, 11) is 0. The fourth-order valence-corrected chi connectivity index (χ4v) is 2.99. The van der Waals surface area contributed by atoms with Gasteiger partial charge in [0.05, 0.1) is 6.04 Å². The lowest BCUT2D eigenvalue weighted by molar-refractivity contribution is 0.229. The monoisotopic (exact) mass is 229 g/mol. The maximum atomic E-state index is 11.4. The van der Waals surface area contributed by atoms with E-state index in [1.54, 1.807) is 0 Å². The minimum absolute atomic E-state index is 0.00271. The van der Waals surface area contributed by atoms with Gasteiger partial charge in [-0.2, -0.15) is 11.8 Å². The predicted octanol–water partition coefficient (Wildman–Crippen LogP) is 0.401. The van der Waals surface area contributed by atoms with E-state index < -0.39 is 0 Å². The van der Waals surface area contributed by atoms with Crippen LogP contribution < -0.4 is 16.0 Å². The van der Waals surface area contributed by atoms with Gasteiger partial charge in [0.2, 0.25) is 0 Å². The van der Waals surface area contributed by atoms with Crippen molar-refractivity contribution in [1.82, 2.24) is 16.0 Å². The molecule has 86 valence electrons. The highest BCUT2D eigenvalue weighted by atomic mass is 32.2. The molecule has 2 aliphatic rings. The van der Waals surface area contributed by atoms with Crippen molar-refractivity contribution >= 4 is 17.8 Å². The summed E-state index contributed by atoms with van der Waals surface area (Å²) >= 11 is 2.00. The van der Waals surface area contributed by atoms with Crippen molar-refractivity contribution in [2.45, 2.75) is 18.9 Å². The first-order chi connectivity index (χ1) is 7.34. The molecule has 1 unspecified atom stereocenters. The summed E-state index contributed by atoms with van der Waals surface area (Å²) in [6.07, 6.45) is 2.56. The van der Waals surface area contributed by atoms with Crippen LogP contribution in [0.4, 0.5) is 4.79 Å². The summed E-state index contributed by atoms with van der Waals surface area (Å²) in [5, 5.41) is 9.02. The fourth-order valence-electron chi connectivity index (χ4n) is 1.83. The van der Waals surface area contributed by atoms with Crippen LogP contribution in [-0.2, 0) is 0 Å². The Morgan fingerprint density at radius 3 is 2.93 bits per heavy atom. The van der Waals surface area contributed by atoms with Gasteiger partial charge in [0.1, 0.15) is 0 Å². The SMILES string of the molecule is O=C(NCC1CCCSC1)NC1CNC1. The molecule has 0 aromatic rings. The van der Waals surface area contributed by atoms with Gasteiger partial charge < -0.3 is 16.0 Å². The van der Waals surface area contributed by atoms with E-state index in [-0.39, 0.29) is 6.03 Å². The quantitative estimate of drug-likeness (QED) is 0.656. The summed E-state index contributed by atoms with van der Waals surface area (Å²) in [6, 6.07) is 0.336. The smallest absolute Gasteiger partial charge is 0.315 e. The van der Waals surface area contributed by atoms with Crippen molar-refractivity contribution < 1.29 is 4.79 Å². The van der Waals surface area contributed by atoms with Gasteiger partial charge in [-0.25, -0.2) is 4.79 Å². The first-order valence-electron chi connectivity index (χ1n) is 5.67. The molecule has 2 saturated heterocycles. The third-order valence-corrected chi connectivity index (χ3v) is 4.21. The second kappa shape index (κ2) is 5.61. The zero-order chi connectivity index (χ0) is 10.5. The molecular formula is C10H19N3OS. The Hall–Kier alpha value is -0.420. The van der Waals surface area contributed by atoms with Crippen molar-refractivity contribution in [3.8, 4) is 0 Å². The Morgan fingerprint density at radius 2 is 2.33 bits per heavy atom. The lowest BCUT2D eigenvalue weighted by Crippen LogP contribution is -2.59. The highest BCUT2D eigenvalue weighted by Gasteiger charge is 2.19. The maximum absolute atomic E-state index is 11.4. The maximum Gasteiger partial charge on any atom is 0.315 e. The molecular weight excluding hydrogens is 210 g/mol. The van der Waals surface area contributed by atoms with Crippen LogP contribution >= 0.6 is 11.8 Å². The van der Waals surface area contributed by atoms with Crippen LogP contribution in [0.5, 0.6) is 0 Å². The lowest BCUT2D eigenvalue weighted by Gasteiger charge is -2.28. The van der Waals surface area contributed by atoms with Gasteiger partial charge in [-0.1, -0.05) is 0 Å². The Labute approximate surface area is 94.9 Å². The number of hydrogen-bond donors (Lipinski definition) is 3. The van der Waals surface area contributed by atoms with Gasteiger partial charge in [0, 0.05) is 19.6 Å². The number of urea groups is 1. The molecule has 5 heteroatoms. The molecule has 0 bridgehead atoms. The lowest BCUT2D eigenvalue weighted by atomic mass is 10.1. The molecule has 2 rings (SSSR count). The highest BCUT2D eigenvalue weighted by molar-refractivity contribution is 7.99. The van der Waals surface area contributed by atoms with Gasteiger partial charge in [0.15, 0.2) is 0 Å². The minimum Gasteiger partial charge on any atom is -0.338 e. The van der Waals surface area contributed by atoms with Crippen molar-refractivity contribution in [2.75, 3.05) is 31.1 Å². The van der Waals surface area contributed by atoms with Gasteiger partial charge in [-0.3, -0.25) is 0 Å². The Morgan fingerprint density at radius 1 is 1.47 bits per heavy atom. The molecule has 2 heterocycles. The van der Waals surface area contributed by atoms with E-state index in [2.05, 4.69) is 16.0 Å². The molecule has 2 amide bonds. The van der Waals surface area contributed by atoms with E-state index >= 15 is 0 Å². The first-order valence-corrected chi connectivity index (χ1v) is 6.83. The van der Waals surface area contributed by atoms with Crippen molar-refractivity contribution in [2.24, 2.45) is 5.92 Å². The summed E-state index contributed by atoms with van der Waals surface area (Å²) in [5.41, 5.74) is 0. The highest BCUT2D eigenvalue weighted by Crippen LogP contribution is 2.21. The zero-order valence-electron chi connectivity index (χ0n) is 8.92. The third kappa shape index (κ3) is 3.57. The summed E-state index contributed by atoms with van der Waals surface area (Å²) < 4.78 is 0.